The number of benzene rings is 1. The Bertz CT molecular complexity index is 584. The third kappa shape index (κ3) is 4.22. The van der Waals surface area contributed by atoms with Crippen LogP contribution in [-0.2, 0) is 13.6 Å². The average molecular weight is 305 g/mol. The van der Waals surface area contributed by atoms with Gasteiger partial charge >= 0.3 is 0 Å². The molecule has 1 atom stereocenters. The van der Waals surface area contributed by atoms with Crippen LogP contribution in [-0.4, -0.2) is 41.3 Å². The first-order chi connectivity index (χ1) is 10.6. The van der Waals surface area contributed by atoms with Gasteiger partial charge in [-0.3, -0.25) is 0 Å². The third-order valence-electron chi connectivity index (χ3n) is 3.35. The minimum absolute atomic E-state index is 0.250. The number of nitrogens with one attached hydrogen (secondary N) is 1. The van der Waals surface area contributed by atoms with Crippen molar-refractivity contribution in [2.24, 2.45) is 7.05 Å². The fourth-order valence-electron chi connectivity index (χ4n) is 2.27. The van der Waals surface area contributed by atoms with Gasteiger partial charge in [-0.15, -0.1) is 0 Å². The van der Waals surface area contributed by atoms with Crippen molar-refractivity contribution in [3.63, 3.8) is 0 Å². The normalized spacial score (nSPS) is 12.2. The Hall–Kier alpha value is -2.05. The second-order valence-electron chi connectivity index (χ2n) is 5.11. The van der Waals surface area contributed by atoms with Crippen LogP contribution in [0.3, 0.4) is 0 Å². The molecule has 0 saturated heterocycles. The van der Waals surface area contributed by atoms with E-state index >= 15 is 0 Å². The molecule has 0 radical (unpaired) electrons. The maximum absolute atomic E-state index is 9.95. The van der Waals surface area contributed by atoms with Crippen molar-refractivity contribution in [1.29, 1.82) is 0 Å². The van der Waals surface area contributed by atoms with Gasteiger partial charge in [-0.2, -0.15) is 5.10 Å². The van der Waals surface area contributed by atoms with Crippen LogP contribution in [0.5, 0.6) is 11.6 Å². The number of para-hydroxylation sites is 1. The summed E-state index contributed by atoms with van der Waals surface area (Å²) in [7, 11) is 3.47. The predicted molar refractivity (Wildman–Crippen MR) is 84.1 cm³/mol. The van der Waals surface area contributed by atoms with E-state index in [1.807, 2.05) is 44.3 Å². The second kappa shape index (κ2) is 7.82. The molecular formula is C16H23N3O3. The lowest BCUT2D eigenvalue weighted by atomic mass is 10.2. The number of hydrogen-bond acceptors (Lipinski definition) is 5. The largest absolute Gasteiger partial charge is 0.491 e. The Labute approximate surface area is 130 Å². The second-order valence-corrected chi connectivity index (χ2v) is 5.11. The van der Waals surface area contributed by atoms with Gasteiger partial charge in [0.15, 0.2) is 0 Å². The van der Waals surface area contributed by atoms with Crippen molar-refractivity contribution in [1.82, 2.24) is 15.1 Å². The molecule has 0 spiro atoms. The molecule has 1 heterocycles. The minimum atomic E-state index is -0.580. The molecule has 6 nitrogen and oxygen atoms in total. The summed E-state index contributed by atoms with van der Waals surface area (Å²) in [5.74, 6) is 1.49. The van der Waals surface area contributed by atoms with E-state index < -0.39 is 6.10 Å². The fourth-order valence-corrected chi connectivity index (χ4v) is 2.27. The van der Waals surface area contributed by atoms with E-state index in [2.05, 4.69) is 10.4 Å². The van der Waals surface area contributed by atoms with Crippen LogP contribution >= 0.6 is 0 Å². The maximum atomic E-state index is 9.95. The van der Waals surface area contributed by atoms with Gasteiger partial charge in [0.25, 0.3) is 0 Å². The molecule has 2 aromatic rings. The summed E-state index contributed by atoms with van der Waals surface area (Å²) in [6.45, 7) is 3.21. The van der Waals surface area contributed by atoms with Crippen LogP contribution in [0.1, 0.15) is 11.3 Å². The zero-order valence-corrected chi connectivity index (χ0v) is 13.2. The number of nitrogens with zero attached hydrogens (tertiary/aromatic N) is 2. The summed E-state index contributed by atoms with van der Waals surface area (Å²) >= 11 is 0. The number of methoxy groups -OCH3 is 1. The molecule has 22 heavy (non-hydrogen) atoms. The highest BCUT2D eigenvalue weighted by atomic mass is 16.5. The van der Waals surface area contributed by atoms with Gasteiger partial charge in [-0.05, 0) is 19.1 Å². The van der Waals surface area contributed by atoms with Crippen molar-refractivity contribution >= 4 is 0 Å². The van der Waals surface area contributed by atoms with Gasteiger partial charge in [-0.1, -0.05) is 18.2 Å². The smallest absolute Gasteiger partial charge is 0.216 e. The fraction of sp³-hybridized carbons (Fsp3) is 0.438. The van der Waals surface area contributed by atoms with Gasteiger partial charge in [0.1, 0.15) is 18.5 Å². The van der Waals surface area contributed by atoms with Gasteiger partial charge < -0.3 is 19.9 Å². The van der Waals surface area contributed by atoms with Gasteiger partial charge in [0, 0.05) is 20.1 Å². The number of aliphatic hydroxyl groups is 1. The highest BCUT2D eigenvalue weighted by molar-refractivity contribution is 5.30. The molecule has 6 heteroatoms. The van der Waals surface area contributed by atoms with E-state index in [-0.39, 0.29) is 6.61 Å². The van der Waals surface area contributed by atoms with E-state index in [9.17, 15) is 5.11 Å². The van der Waals surface area contributed by atoms with E-state index in [0.717, 1.165) is 22.9 Å². The molecule has 0 bridgehead atoms. The Morgan fingerprint density at radius 3 is 2.73 bits per heavy atom. The van der Waals surface area contributed by atoms with Crippen molar-refractivity contribution in [2.45, 2.75) is 19.6 Å². The molecule has 0 aliphatic carbocycles. The molecular weight excluding hydrogens is 282 g/mol. The lowest BCUT2D eigenvalue weighted by Gasteiger charge is -2.13. The predicted octanol–water partition coefficient (Wildman–Crippen LogP) is 1.27. The van der Waals surface area contributed by atoms with Crippen LogP contribution in [0.4, 0.5) is 0 Å². The Morgan fingerprint density at radius 1 is 1.32 bits per heavy atom. The van der Waals surface area contributed by atoms with Crippen LogP contribution in [0, 0.1) is 6.92 Å². The van der Waals surface area contributed by atoms with Crippen molar-refractivity contribution in [3.05, 3.63) is 41.6 Å². The standard InChI is InChI=1S/C16H23N3O3/c1-12-15(16(21-3)19(2)18-12)10-17-9-13(20)11-22-14-7-5-4-6-8-14/h4-8,13,17,20H,9-11H2,1-3H3. The first-order valence-corrected chi connectivity index (χ1v) is 7.25. The molecule has 120 valence electrons. The number of aromatic nitrogens is 2. The minimum Gasteiger partial charge on any atom is -0.491 e. The highest BCUT2D eigenvalue weighted by Crippen LogP contribution is 2.20. The lowest BCUT2D eigenvalue weighted by molar-refractivity contribution is 0.106. The average Bonchev–Trinajstić information content (AvgIpc) is 2.79. The zero-order valence-electron chi connectivity index (χ0n) is 13.2. The molecule has 0 amide bonds. The summed E-state index contributed by atoms with van der Waals surface area (Å²) in [4.78, 5) is 0. The van der Waals surface area contributed by atoms with Gasteiger partial charge in [-0.25, -0.2) is 4.68 Å². The van der Waals surface area contributed by atoms with Crippen LogP contribution in [0.15, 0.2) is 30.3 Å². The van der Waals surface area contributed by atoms with E-state index in [1.165, 1.54) is 0 Å². The lowest BCUT2D eigenvalue weighted by Crippen LogP contribution is -2.31. The van der Waals surface area contributed by atoms with Gasteiger partial charge in [0.05, 0.1) is 18.4 Å². The molecule has 1 aromatic carbocycles. The Balaban J connectivity index is 1.76. The summed E-state index contributed by atoms with van der Waals surface area (Å²) in [6, 6.07) is 9.46. The SMILES string of the molecule is COc1c(CNCC(O)COc2ccccc2)c(C)nn1C. The number of aliphatic hydroxyl groups excluding tert-OH is 1. The van der Waals surface area contributed by atoms with Crippen molar-refractivity contribution in [2.75, 3.05) is 20.3 Å². The molecule has 0 fully saturated rings. The molecule has 1 aromatic heterocycles. The number of hydrogen-bond donors (Lipinski definition) is 2. The summed E-state index contributed by atoms with van der Waals surface area (Å²) in [5.41, 5.74) is 1.92. The highest BCUT2D eigenvalue weighted by Gasteiger charge is 2.14. The summed E-state index contributed by atoms with van der Waals surface area (Å²) in [5, 5.41) is 17.5. The molecule has 1 unspecified atom stereocenters. The first-order valence-electron chi connectivity index (χ1n) is 7.25. The number of ether oxygens (including phenoxy) is 2. The summed E-state index contributed by atoms with van der Waals surface area (Å²) in [6.07, 6.45) is -0.580. The van der Waals surface area contributed by atoms with Crippen molar-refractivity contribution < 1.29 is 14.6 Å². The number of aryl methyl sites for hydroxylation is 2. The van der Waals surface area contributed by atoms with Crippen LogP contribution < -0.4 is 14.8 Å². The molecule has 2 N–H and O–H groups in total. The number of rotatable bonds is 8. The summed E-state index contributed by atoms with van der Waals surface area (Å²) < 4.78 is 12.6. The Morgan fingerprint density at radius 2 is 2.05 bits per heavy atom. The molecule has 2 rings (SSSR count). The van der Waals surface area contributed by atoms with E-state index in [4.69, 9.17) is 9.47 Å². The quantitative estimate of drug-likeness (QED) is 0.768. The van der Waals surface area contributed by atoms with E-state index in [0.29, 0.717) is 13.1 Å². The van der Waals surface area contributed by atoms with Crippen molar-refractivity contribution in [3.8, 4) is 11.6 Å². The Kier molecular flexibility index (Phi) is 5.80. The monoisotopic (exact) mass is 305 g/mol. The molecule has 0 saturated carbocycles. The van der Waals surface area contributed by atoms with Crippen LogP contribution in [0.25, 0.3) is 0 Å². The maximum Gasteiger partial charge on any atom is 0.216 e. The van der Waals surface area contributed by atoms with E-state index in [1.54, 1.807) is 11.8 Å². The molecule has 0 aliphatic heterocycles. The first kappa shape index (κ1) is 16.3. The topological polar surface area (TPSA) is 68.5 Å². The molecule has 0 aliphatic rings. The van der Waals surface area contributed by atoms with Gasteiger partial charge in [0.2, 0.25) is 5.88 Å². The zero-order chi connectivity index (χ0) is 15.9. The third-order valence-corrected chi connectivity index (χ3v) is 3.35. The van der Waals surface area contributed by atoms with Crippen LogP contribution in [0.2, 0.25) is 0 Å².